The van der Waals surface area contributed by atoms with Gasteiger partial charge in [0, 0.05) is 30.7 Å². The van der Waals surface area contributed by atoms with Crippen LogP contribution in [0.25, 0.3) is 0 Å². The fraction of sp³-hybridized carbons (Fsp3) is 0.538. The zero-order valence-electron chi connectivity index (χ0n) is 10.2. The third kappa shape index (κ3) is 4.24. The lowest BCUT2D eigenvalue weighted by molar-refractivity contribution is 0.125. The Morgan fingerprint density at radius 3 is 2.56 bits per heavy atom. The number of halogens is 1. The van der Waals surface area contributed by atoms with Crippen LogP contribution < -0.4 is 0 Å². The lowest BCUT2D eigenvalue weighted by Gasteiger charge is -2.26. The zero-order valence-corrected chi connectivity index (χ0v) is 11.8. The Morgan fingerprint density at radius 2 is 2.00 bits per heavy atom. The standard InChI is InChI=1S/C13H20BrNO/c1-11(2)15(8-9-16-3)10-12-6-4-5-7-13(12)14/h4-7,11H,8-10H2,1-3H3. The SMILES string of the molecule is COCCN(Cc1ccccc1Br)C(C)C. The second-order valence-electron chi connectivity index (χ2n) is 4.15. The first kappa shape index (κ1) is 13.7. The Balaban J connectivity index is 2.64. The van der Waals surface area contributed by atoms with E-state index in [1.165, 1.54) is 10.0 Å². The van der Waals surface area contributed by atoms with E-state index in [0.29, 0.717) is 6.04 Å². The van der Waals surface area contributed by atoms with Crippen molar-refractivity contribution in [1.82, 2.24) is 4.90 Å². The Morgan fingerprint density at radius 1 is 1.31 bits per heavy atom. The minimum Gasteiger partial charge on any atom is -0.383 e. The van der Waals surface area contributed by atoms with Crippen molar-refractivity contribution in [3.63, 3.8) is 0 Å². The number of hydrogen-bond acceptors (Lipinski definition) is 2. The van der Waals surface area contributed by atoms with Gasteiger partial charge in [-0.05, 0) is 25.5 Å². The van der Waals surface area contributed by atoms with Crippen LogP contribution in [-0.2, 0) is 11.3 Å². The molecule has 1 aromatic rings. The summed E-state index contributed by atoms with van der Waals surface area (Å²) in [5.41, 5.74) is 1.33. The highest BCUT2D eigenvalue weighted by Gasteiger charge is 2.11. The van der Waals surface area contributed by atoms with Crippen LogP contribution in [0.15, 0.2) is 28.7 Å². The molecule has 0 radical (unpaired) electrons. The van der Waals surface area contributed by atoms with Gasteiger partial charge in [0.2, 0.25) is 0 Å². The fourth-order valence-electron chi connectivity index (χ4n) is 1.57. The van der Waals surface area contributed by atoms with Crippen LogP contribution in [0.5, 0.6) is 0 Å². The molecule has 0 heterocycles. The molecule has 0 saturated heterocycles. The van der Waals surface area contributed by atoms with E-state index in [9.17, 15) is 0 Å². The molecular weight excluding hydrogens is 266 g/mol. The van der Waals surface area contributed by atoms with Gasteiger partial charge >= 0.3 is 0 Å². The van der Waals surface area contributed by atoms with Gasteiger partial charge in [0.25, 0.3) is 0 Å². The molecule has 16 heavy (non-hydrogen) atoms. The molecule has 0 atom stereocenters. The molecule has 0 fully saturated rings. The predicted molar refractivity (Wildman–Crippen MR) is 71.6 cm³/mol. The van der Waals surface area contributed by atoms with Crippen LogP contribution in [0.4, 0.5) is 0 Å². The van der Waals surface area contributed by atoms with E-state index in [1.54, 1.807) is 7.11 Å². The van der Waals surface area contributed by atoms with Crippen molar-refractivity contribution in [1.29, 1.82) is 0 Å². The number of methoxy groups -OCH3 is 1. The minimum atomic E-state index is 0.530. The Labute approximate surface area is 107 Å². The molecule has 0 unspecified atom stereocenters. The molecule has 2 nitrogen and oxygen atoms in total. The van der Waals surface area contributed by atoms with Crippen LogP contribution in [0, 0.1) is 0 Å². The lowest BCUT2D eigenvalue weighted by atomic mass is 10.2. The maximum atomic E-state index is 5.14. The average molecular weight is 286 g/mol. The van der Waals surface area contributed by atoms with Crippen LogP contribution in [0.1, 0.15) is 19.4 Å². The monoisotopic (exact) mass is 285 g/mol. The largest absolute Gasteiger partial charge is 0.383 e. The Kier molecular flexibility index (Phi) is 6.03. The topological polar surface area (TPSA) is 12.5 Å². The third-order valence-electron chi connectivity index (χ3n) is 2.64. The van der Waals surface area contributed by atoms with Gasteiger partial charge in [-0.25, -0.2) is 0 Å². The number of nitrogens with zero attached hydrogens (tertiary/aromatic N) is 1. The summed E-state index contributed by atoms with van der Waals surface area (Å²) in [7, 11) is 1.75. The highest BCUT2D eigenvalue weighted by Crippen LogP contribution is 2.18. The first-order valence-corrected chi connectivity index (χ1v) is 6.41. The molecular formula is C13H20BrNO. The molecule has 0 spiro atoms. The number of hydrogen-bond donors (Lipinski definition) is 0. The van der Waals surface area contributed by atoms with Crippen LogP contribution in [0.2, 0.25) is 0 Å². The minimum absolute atomic E-state index is 0.530. The van der Waals surface area contributed by atoms with Gasteiger partial charge in [0.1, 0.15) is 0 Å². The van der Waals surface area contributed by atoms with Gasteiger partial charge < -0.3 is 4.74 Å². The van der Waals surface area contributed by atoms with Gasteiger partial charge in [-0.2, -0.15) is 0 Å². The highest BCUT2D eigenvalue weighted by molar-refractivity contribution is 9.10. The summed E-state index contributed by atoms with van der Waals surface area (Å²) >= 11 is 3.58. The molecule has 0 aliphatic rings. The summed E-state index contributed by atoms with van der Waals surface area (Å²) in [5, 5.41) is 0. The smallest absolute Gasteiger partial charge is 0.0589 e. The summed E-state index contributed by atoms with van der Waals surface area (Å²) in [6, 6.07) is 8.90. The summed E-state index contributed by atoms with van der Waals surface area (Å²) in [4.78, 5) is 2.41. The summed E-state index contributed by atoms with van der Waals surface area (Å²) < 4.78 is 6.32. The summed E-state index contributed by atoms with van der Waals surface area (Å²) in [6.07, 6.45) is 0. The molecule has 1 aromatic carbocycles. The van der Waals surface area contributed by atoms with Crippen molar-refractivity contribution < 1.29 is 4.74 Å². The molecule has 0 aliphatic heterocycles. The zero-order chi connectivity index (χ0) is 12.0. The summed E-state index contributed by atoms with van der Waals surface area (Å²) in [5.74, 6) is 0. The van der Waals surface area contributed by atoms with Crippen molar-refractivity contribution in [3.05, 3.63) is 34.3 Å². The maximum absolute atomic E-state index is 5.14. The van der Waals surface area contributed by atoms with Crippen molar-refractivity contribution in [3.8, 4) is 0 Å². The van der Waals surface area contributed by atoms with Gasteiger partial charge in [-0.1, -0.05) is 34.1 Å². The fourth-order valence-corrected chi connectivity index (χ4v) is 1.98. The molecule has 3 heteroatoms. The first-order valence-electron chi connectivity index (χ1n) is 5.61. The van der Waals surface area contributed by atoms with Gasteiger partial charge in [-0.3, -0.25) is 4.90 Å². The van der Waals surface area contributed by atoms with E-state index in [-0.39, 0.29) is 0 Å². The molecule has 0 aliphatic carbocycles. The molecule has 0 amide bonds. The van der Waals surface area contributed by atoms with Gasteiger partial charge in [0.15, 0.2) is 0 Å². The van der Waals surface area contributed by atoms with Crippen LogP contribution >= 0.6 is 15.9 Å². The third-order valence-corrected chi connectivity index (χ3v) is 3.42. The molecule has 0 N–H and O–H groups in total. The van der Waals surface area contributed by atoms with Crippen molar-refractivity contribution in [2.24, 2.45) is 0 Å². The van der Waals surface area contributed by atoms with Gasteiger partial charge in [-0.15, -0.1) is 0 Å². The van der Waals surface area contributed by atoms with Crippen molar-refractivity contribution >= 4 is 15.9 Å². The number of rotatable bonds is 6. The molecule has 90 valence electrons. The van der Waals surface area contributed by atoms with Gasteiger partial charge in [0.05, 0.1) is 6.61 Å². The first-order chi connectivity index (χ1) is 7.65. The number of benzene rings is 1. The summed E-state index contributed by atoms with van der Waals surface area (Å²) in [6.45, 7) is 7.14. The second kappa shape index (κ2) is 7.05. The van der Waals surface area contributed by atoms with Crippen LogP contribution in [-0.4, -0.2) is 31.2 Å². The molecule has 0 aromatic heterocycles. The second-order valence-corrected chi connectivity index (χ2v) is 5.00. The Bertz CT molecular complexity index is 315. The van der Waals surface area contributed by atoms with E-state index in [2.05, 4.69) is 52.9 Å². The quantitative estimate of drug-likeness (QED) is 0.795. The Hall–Kier alpha value is -0.380. The van der Waals surface area contributed by atoms with E-state index in [1.807, 2.05) is 6.07 Å². The van der Waals surface area contributed by atoms with E-state index in [4.69, 9.17) is 4.74 Å². The van der Waals surface area contributed by atoms with E-state index in [0.717, 1.165) is 19.7 Å². The highest BCUT2D eigenvalue weighted by atomic mass is 79.9. The number of ether oxygens (including phenoxy) is 1. The molecule has 0 saturated carbocycles. The molecule has 0 bridgehead atoms. The molecule has 1 rings (SSSR count). The predicted octanol–water partition coefficient (Wildman–Crippen LogP) is 3.31. The normalized spacial score (nSPS) is 11.4. The lowest BCUT2D eigenvalue weighted by Crippen LogP contribution is -2.33. The maximum Gasteiger partial charge on any atom is 0.0589 e. The van der Waals surface area contributed by atoms with E-state index >= 15 is 0 Å². The van der Waals surface area contributed by atoms with E-state index < -0.39 is 0 Å². The van der Waals surface area contributed by atoms with Crippen molar-refractivity contribution in [2.45, 2.75) is 26.4 Å². The average Bonchev–Trinajstić information content (AvgIpc) is 2.26. The van der Waals surface area contributed by atoms with Crippen molar-refractivity contribution in [2.75, 3.05) is 20.3 Å². The van der Waals surface area contributed by atoms with Crippen LogP contribution in [0.3, 0.4) is 0 Å².